The minimum Gasteiger partial charge on any atom is -0.489 e. The summed E-state index contributed by atoms with van der Waals surface area (Å²) in [5.74, 6) is 0.780. The summed E-state index contributed by atoms with van der Waals surface area (Å²) in [5.41, 5.74) is 2.94. The van der Waals surface area contributed by atoms with Crippen LogP contribution in [-0.4, -0.2) is 27.3 Å². The Morgan fingerprint density at radius 3 is 2.87 bits per heavy atom. The van der Waals surface area contributed by atoms with Crippen LogP contribution in [0.15, 0.2) is 78.8 Å². The second-order valence-corrected chi connectivity index (χ2v) is 7.41. The van der Waals surface area contributed by atoms with E-state index in [-0.39, 0.29) is 6.61 Å². The van der Waals surface area contributed by atoms with Crippen LogP contribution >= 0.6 is 11.6 Å². The zero-order valence-corrected chi connectivity index (χ0v) is 17.7. The van der Waals surface area contributed by atoms with Gasteiger partial charge in [0, 0.05) is 10.7 Å². The average Bonchev–Trinajstić information content (AvgIpc) is 3.24. The van der Waals surface area contributed by atoms with Gasteiger partial charge in [-0.05, 0) is 42.3 Å². The van der Waals surface area contributed by atoms with Crippen molar-refractivity contribution in [1.29, 1.82) is 0 Å². The highest BCUT2D eigenvalue weighted by atomic mass is 35.5. The molecule has 0 fully saturated rings. The largest absolute Gasteiger partial charge is 0.489 e. The number of fused-ring (bicyclic) bond motifs is 1. The molecule has 0 bridgehead atoms. The maximum atomic E-state index is 12.8. The Morgan fingerprint density at radius 1 is 1.29 bits per heavy atom. The first kappa shape index (κ1) is 20.7. The molecule has 1 unspecified atom stereocenters. The van der Waals surface area contributed by atoms with E-state index < -0.39 is 12.0 Å². The Balaban J connectivity index is 1.64. The monoisotopic (exact) mass is 436 g/mol. The van der Waals surface area contributed by atoms with Gasteiger partial charge in [0.15, 0.2) is 0 Å². The van der Waals surface area contributed by atoms with Crippen LogP contribution in [0.25, 0.3) is 0 Å². The lowest BCUT2D eigenvalue weighted by Gasteiger charge is -2.28. The minimum absolute atomic E-state index is 0.122. The first-order valence-electron chi connectivity index (χ1n) is 9.69. The summed E-state index contributed by atoms with van der Waals surface area (Å²) < 4.78 is 13.0. The number of ether oxygens (including phenoxy) is 2. The number of nitrogens with one attached hydrogen (secondary N) is 1. The molecular formula is C23H21ClN4O3. The van der Waals surface area contributed by atoms with E-state index in [4.69, 9.17) is 21.1 Å². The molecule has 0 aliphatic carbocycles. The molecular weight excluding hydrogens is 416 g/mol. The number of hydrogen-bond acceptors (Lipinski definition) is 6. The Bertz CT molecular complexity index is 1140. The minimum atomic E-state index is -0.504. The van der Waals surface area contributed by atoms with E-state index in [2.05, 4.69) is 22.0 Å². The third-order valence-corrected chi connectivity index (χ3v) is 5.09. The maximum Gasteiger partial charge on any atom is 0.338 e. The summed E-state index contributed by atoms with van der Waals surface area (Å²) in [6.07, 6.45) is 2.98. The number of aromatic nitrogens is 3. The number of benzene rings is 2. The van der Waals surface area contributed by atoms with Gasteiger partial charge < -0.3 is 14.8 Å². The third-order valence-electron chi connectivity index (χ3n) is 4.84. The molecule has 31 heavy (non-hydrogen) atoms. The van der Waals surface area contributed by atoms with Gasteiger partial charge in [0.1, 0.15) is 31.3 Å². The van der Waals surface area contributed by atoms with Crippen molar-refractivity contribution in [3.63, 3.8) is 0 Å². The first-order chi connectivity index (χ1) is 15.1. The van der Waals surface area contributed by atoms with E-state index in [9.17, 15) is 4.79 Å². The Morgan fingerprint density at radius 2 is 2.10 bits per heavy atom. The summed E-state index contributed by atoms with van der Waals surface area (Å²) in [5, 5.41) is 8.11. The summed E-state index contributed by atoms with van der Waals surface area (Å²) >= 11 is 5.94. The highest BCUT2D eigenvalue weighted by Crippen LogP contribution is 2.36. The van der Waals surface area contributed by atoms with Crippen LogP contribution in [-0.2, 0) is 16.1 Å². The summed E-state index contributed by atoms with van der Waals surface area (Å²) in [6.45, 7) is 5.93. The fourth-order valence-corrected chi connectivity index (χ4v) is 3.52. The van der Waals surface area contributed by atoms with Gasteiger partial charge in [0.05, 0.1) is 5.57 Å². The van der Waals surface area contributed by atoms with Gasteiger partial charge in [-0.1, -0.05) is 48.5 Å². The first-order valence-corrected chi connectivity index (χ1v) is 10.1. The topological polar surface area (TPSA) is 78.3 Å². The fourth-order valence-electron chi connectivity index (χ4n) is 3.40. The smallest absolute Gasteiger partial charge is 0.338 e. The summed E-state index contributed by atoms with van der Waals surface area (Å²) in [7, 11) is 0. The van der Waals surface area contributed by atoms with E-state index in [0.717, 1.165) is 11.1 Å². The zero-order chi connectivity index (χ0) is 21.8. The highest BCUT2D eigenvalue weighted by molar-refractivity contribution is 6.30. The lowest BCUT2D eigenvalue weighted by atomic mass is 9.95. The number of hydrogen-bond donors (Lipinski definition) is 1. The van der Waals surface area contributed by atoms with Gasteiger partial charge in [-0.15, -0.1) is 0 Å². The molecule has 2 aromatic carbocycles. The van der Waals surface area contributed by atoms with Crippen LogP contribution in [0.2, 0.25) is 5.02 Å². The van der Waals surface area contributed by atoms with Crippen LogP contribution in [0.3, 0.4) is 0 Å². The quantitative estimate of drug-likeness (QED) is 0.433. The predicted molar refractivity (Wildman–Crippen MR) is 118 cm³/mol. The van der Waals surface area contributed by atoms with E-state index >= 15 is 0 Å². The molecule has 0 radical (unpaired) electrons. The molecule has 4 rings (SSSR count). The summed E-state index contributed by atoms with van der Waals surface area (Å²) in [4.78, 5) is 17.1. The van der Waals surface area contributed by atoms with Crippen LogP contribution in [0, 0.1) is 0 Å². The number of rotatable bonds is 7. The number of esters is 1. The molecule has 0 saturated heterocycles. The number of carbonyl (C=O) groups is 1. The summed E-state index contributed by atoms with van der Waals surface area (Å²) in [6, 6.07) is 14.5. The lowest BCUT2D eigenvalue weighted by Crippen LogP contribution is -2.29. The van der Waals surface area contributed by atoms with Crippen molar-refractivity contribution in [2.24, 2.45) is 0 Å². The number of halogens is 1. The Kier molecular flexibility index (Phi) is 6.04. The van der Waals surface area contributed by atoms with Crippen molar-refractivity contribution >= 4 is 23.5 Å². The molecule has 1 aliphatic heterocycles. The molecule has 8 heteroatoms. The molecule has 1 atom stereocenters. The molecule has 1 aromatic heterocycles. The van der Waals surface area contributed by atoms with E-state index in [1.165, 1.54) is 12.4 Å². The van der Waals surface area contributed by atoms with Gasteiger partial charge in [-0.2, -0.15) is 10.1 Å². The van der Waals surface area contributed by atoms with Crippen LogP contribution in [0.5, 0.6) is 5.75 Å². The maximum absolute atomic E-state index is 12.8. The van der Waals surface area contributed by atoms with Gasteiger partial charge in [0.25, 0.3) is 0 Å². The molecule has 0 spiro atoms. The highest BCUT2D eigenvalue weighted by Gasteiger charge is 2.34. The molecule has 3 aromatic rings. The van der Waals surface area contributed by atoms with Crippen molar-refractivity contribution in [2.45, 2.75) is 19.6 Å². The average molecular weight is 437 g/mol. The lowest BCUT2D eigenvalue weighted by molar-refractivity contribution is -0.138. The van der Waals surface area contributed by atoms with Crippen molar-refractivity contribution in [3.8, 4) is 5.75 Å². The Labute approximate surface area is 185 Å². The fraction of sp³-hybridized carbons (Fsp3) is 0.174. The number of allylic oxidation sites excluding steroid dienone is 1. The molecule has 158 valence electrons. The number of carbonyl (C=O) groups excluding carboxylic acids is 1. The SMILES string of the molecule is C=CCOC(=O)C1=C(C)Nc2ncnn2C1c1cccc(OCc2ccc(Cl)cc2)c1. The van der Waals surface area contributed by atoms with Crippen molar-refractivity contribution < 1.29 is 14.3 Å². The van der Waals surface area contributed by atoms with Gasteiger partial charge in [-0.3, -0.25) is 0 Å². The standard InChI is InChI=1S/C23H21ClN4O3/c1-3-11-30-22(29)20-15(2)27-23-25-14-26-28(23)21(20)17-5-4-6-19(12-17)31-13-16-7-9-18(24)10-8-16/h3-10,12,14,21H,1,11,13H2,2H3,(H,25,26,27). The third kappa shape index (κ3) is 4.46. The van der Waals surface area contributed by atoms with Crippen LogP contribution < -0.4 is 10.1 Å². The number of anilines is 1. The molecule has 7 nitrogen and oxygen atoms in total. The van der Waals surface area contributed by atoms with Gasteiger partial charge >= 0.3 is 5.97 Å². The van der Waals surface area contributed by atoms with Crippen molar-refractivity contribution in [1.82, 2.24) is 14.8 Å². The predicted octanol–water partition coefficient (Wildman–Crippen LogP) is 4.53. The van der Waals surface area contributed by atoms with E-state index in [1.807, 2.05) is 55.5 Å². The zero-order valence-electron chi connectivity index (χ0n) is 16.9. The Hall–Kier alpha value is -3.58. The van der Waals surface area contributed by atoms with Gasteiger partial charge in [0.2, 0.25) is 5.95 Å². The molecule has 2 heterocycles. The molecule has 1 N–H and O–H groups in total. The number of nitrogens with zero attached hydrogens (tertiary/aromatic N) is 3. The van der Waals surface area contributed by atoms with Crippen LogP contribution in [0.4, 0.5) is 5.95 Å². The van der Waals surface area contributed by atoms with E-state index in [0.29, 0.717) is 34.6 Å². The molecule has 1 aliphatic rings. The molecule has 0 saturated carbocycles. The van der Waals surface area contributed by atoms with Crippen molar-refractivity contribution in [3.05, 3.63) is 94.9 Å². The van der Waals surface area contributed by atoms with Crippen molar-refractivity contribution in [2.75, 3.05) is 11.9 Å². The second-order valence-electron chi connectivity index (χ2n) is 6.97. The normalized spacial score (nSPS) is 15.1. The van der Waals surface area contributed by atoms with Crippen LogP contribution in [0.1, 0.15) is 24.1 Å². The molecule has 0 amide bonds. The van der Waals surface area contributed by atoms with E-state index in [1.54, 1.807) is 4.68 Å². The van der Waals surface area contributed by atoms with Gasteiger partial charge in [-0.25, -0.2) is 9.48 Å². The second kappa shape index (κ2) is 9.06.